The molecule has 0 unspecified atom stereocenters. The summed E-state index contributed by atoms with van der Waals surface area (Å²) in [7, 11) is 0. The van der Waals surface area contributed by atoms with E-state index in [0.717, 1.165) is 26.3 Å². The molecule has 20 heavy (non-hydrogen) atoms. The molecule has 1 aliphatic heterocycles. The highest BCUT2D eigenvalue weighted by Gasteiger charge is 2.41. The van der Waals surface area contributed by atoms with Crippen molar-refractivity contribution in [1.82, 2.24) is 4.90 Å². The van der Waals surface area contributed by atoms with Crippen LogP contribution in [-0.2, 0) is 11.3 Å². The molecule has 1 N–H and O–H groups in total. The van der Waals surface area contributed by atoms with Crippen molar-refractivity contribution in [3.63, 3.8) is 0 Å². The number of rotatable bonds is 3. The van der Waals surface area contributed by atoms with Crippen molar-refractivity contribution in [2.24, 2.45) is 0 Å². The Morgan fingerprint density at radius 2 is 1.95 bits per heavy atom. The van der Waals surface area contributed by atoms with Crippen molar-refractivity contribution in [3.05, 3.63) is 35.4 Å². The number of carboxylic acid groups (broad SMARTS) is 1. The van der Waals surface area contributed by atoms with E-state index in [1.165, 1.54) is 31.2 Å². The SMILES string of the molecule is O=C(O)c1ccc(CN2CCOCC23CCCC3)cc1. The minimum Gasteiger partial charge on any atom is -0.478 e. The summed E-state index contributed by atoms with van der Waals surface area (Å²) in [6.45, 7) is 3.51. The Morgan fingerprint density at radius 3 is 2.60 bits per heavy atom. The Hall–Kier alpha value is -1.39. The number of ether oxygens (including phenoxy) is 1. The van der Waals surface area contributed by atoms with Gasteiger partial charge in [-0.25, -0.2) is 4.79 Å². The van der Waals surface area contributed by atoms with Gasteiger partial charge in [0.2, 0.25) is 0 Å². The van der Waals surface area contributed by atoms with Crippen molar-refractivity contribution < 1.29 is 14.6 Å². The van der Waals surface area contributed by atoms with Crippen molar-refractivity contribution in [2.45, 2.75) is 37.8 Å². The van der Waals surface area contributed by atoms with Gasteiger partial charge in [-0.15, -0.1) is 0 Å². The van der Waals surface area contributed by atoms with Crippen LogP contribution >= 0.6 is 0 Å². The number of carbonyl (C=O) groups is 1. The van der Waals surface area contributed by atoms with Crippen LogP contribution < -0.4 is 0 Å². The maximum absolute atomic E-state index is 10.9. The second-order valence-electron chi connectivity index (χ2n) is 5.91. The first-order chi connectivity index (χ1) is 9.70. The van der Waals surface area contributed by atoms with Crippen LogP contribution in [-0.4, -0.2) is 41.3 Å². The van der Waals surface area contributed by atoms with Gasteiger partial charge in [-0.1, -0.05) is 25.0 Å². The molecule has 108 valence electrons. The monoisotopic (exact) mass is 275 g/mol. The van der Waals surface area contributed by atoms with Gasteiger partial charge < -0.3 is 9.84 Å². The van der Waals surface area contributed by atoms with Crippen LogP contribution in [0.2, 0.25) is 0 Å². The topological polar surface area (TPSA) is 49.8 Å². The minimum atomic E-state index is -0.866. The maximum atomic E-state index is 10.9. The fourth-order valence-corrected chi connectivity index (χ4v) is 3.48. The normalized spacial score (nSPS) is 22.2. The number of hydrogen-bond donors (Lipinski definition) is 1. The van der Waals surface area contributed by atoms with Crippen molar-refractivity contribution in [3.8, 4) is 0 Å². The number of carboxylic acids is 1. The first-order valence-electron chi connectivity index (χ1n) is 7.35. The van der Waals surface area contributed by atoms with Gasteiger partial charge >= 0.3 is 5.97 Å². The third-order valence-electron chi connectivity index (χ3n) is 4.66. The molecule has 2 aliphatic rings. The second-order valence-corrected chi connectivity index (χ2v) is 5.91. The molecule has 1 aromatic carbocycles. The van der Waals surface area contributed by atoms with Crippen LogP contribution in [0.15, 0.2) is 24.3 Å². The molecule has 1 saturated heterocycles. The Labute approximate surface area is 119 Å². The van der Waals surface area contributed by atoms with E-state index in [2.05, 4.69) is 4.90 Å². The Morgan fingerprint density at radius 1 is 1.25 bits per heavy atom. The number of aromatic carboxylic acids is 1. The largest absolute Gasteiger partial charge is 0.478 e. The molecule has 4 heteroatoms. The van der Waals surface area contributed by atoms with Gasteiger partial charge in [0.25, 0.3) is 0 Å². The van der Waals surface area contributed by atoms with Crippen LogP contribution in [0, 0.1) is 0 Å². The standard InChI is InChI=1S/C16H21NO3/c18-15(19)14-5-3-13(4-6-14)11-17-9-10-20-12-16(17)7-1-2-8-16/h3-6H,1-2,7-12H2,(H,18,19). The summed E-state index contributed by atoms with van der Waals surface area (Å²) >= 11 is 0. The number of benzene rings is 1. The summed E-state index contributed by atoms with van der Waals surface area (Å²) in [5.41, 5.74) is 1.76. The highest BCUT2D eigenvalue weighted by molar-refractivity contribution is 5.87. The molecule has 4 nitrogen and oxygen atoms in total. The van der Waals surface area contributed by atoms with Gasteiger partial charge in [0, 0.05) is 18.6 Å². The van der Waals surface area contributed by atoms with E-state index in [0.29, 0.717) is 5.56 Å². The predicted octanol–water partition coefficient (Wildman–Crippen LogP) is 2.53. The van der Waals surface area contributed by atoms with E-state index in [9.17, 15) is 4.79 Å². The van der Waals surface area contributed by atoms with Crippen molar-refractivity contribution in [2.75, 3.05) is 19.8 Å². The van der Waals surface area contributed by atoms with Gasteiger partial charge in [-0.05, 0) is 30.5 Å². The van der Waals surface area contributed by atoms with E-state index in [-0.39, 0.29) is 5.54 Å². The summed E-state index contributed by atoms with van der Waals surface area (Å²) in [4.78, 5) is 13.4. The van der Waals surface area contributed by atoms with E-state index in [1.54, 1.807) is 12.1 Å². The molecule has 1 heterocycles. The zero-order valence-corrected chi connectivity index (χ0v) is 11.7. The third-order valence-corrected chi connectivity index (χ3v) is 4.66. The Bertz CT molecular complexity index is 477. The number of morpholine rings is 1. The first kappa shape index (κ1) is 13.6. The van der Waals surface area contributed by atoms with Crippen molar-refractivity contribution >= 4 is 5.97 Å². The molecule has 0 bridgehead atoms. The van der Waals surface area contributed by atoms with Crippen LogP contribution in [0.1, 0.15) is 41.6 Å². The van der Waals surface area contributed by atoms with E-state index in [4.69, 9.17) is 9.84 Å². The fourth-order valence-electron chi connectivity index (χ4n) is 3.48. The van der Waals surface area contributed by atoms with E-state index in [1.807, 2.05) is 12.1 Å². The van der Waals surface area contributed by atoms with Gasteiger partial charge in [0.05, 0.1) is 18.8 Å². The van der Waals surface area contributed by atoms with Gasteiger partial charge in [0.15, 0.2) is 0 Å². The highest BCUT2D eigenvalue weighted by atomic mass is 16.5. The van der Waals surface area contributed by atoms with E-state index < -0.39 is 5.97 Å². The quantitative estimate of drug-likeness (QED) is 0.921. The van der Waals surface area contributed by atoms with Crippen molar-refractivity contribution in [1.29, 1.82) is 0 Å². The Kier molecular flexibility index (Phi) is 3.76. The maximum Gasteiger partial charge on any atom is 0.335 e. The smallest absolute Gasteiger partial charge is 0.335 e. The molecular formula is C16H21NO3. The van der Waals surface area contributed by atoms with Crippen LogP contribution in [0.25, 0.3) is 0 Å². The lowest BCUT2D eigenvalue weighted by atomic mass is 9.94. The average molecular weight is 275 g/mol. The molecule has 1 aliphatic carbocycles. The van der Waals surface area contributed by atoms with Crippen LogP contribution in [0.3, 0.4) is 0 Å². The van der Waals surface area contributed by atoms with Crippen LogP contribution in [0.5, 0.6) is 0 Å². The second kappa shape index (κ2) is 5.54. The molecule has 2 fully saturated rings. The zero-order valence-electron chi connectivity index (χ0n) is 11.7. The fraction of sp³-hybridized carbons (Fsp3) is 0.562. The van der Waals surface area contributed by atoms with Gasteiger partial charge in [-0.2, -0.15) is 0 Å². The summed E-state index contributed by atoms with van der Waals surface area (Å²) in [5.74, 6) is -0.866. The molecule has 1 saturated carbocycles. The lowest BCUT2D eigenvalue weighted by Crippen LogP contribution is -2.54. The van der Waals surface area contributed by atoms with Gasteiger partial charge in [0.1, 0.15) is 0 Å². The molecule has 0 radical (unpaired) electrons. The third kappa shape index (κ3) is 2.58. The summed E-state index contributed by atoms with van der Waals surface area (Å²) in [6.07, 6.45) is 5.02. The number of nitrogens with zero attached hydrogens (tertiary/aromatic N) is 1. The molecule has 0 amide bonds. The molecular weight excluding hydrogens is 254 g/mol. The molecule has 0 aromatic heterocycles. The minimum absolute atomic E-state index is 0.226. The predicted molar refractivity (Wildman–Crippen MR) is 75.8 cm³/mol. The van der Waals surface area contributed by atoms with E-state index >= 15 is 0 Å². The average Bonchev–Trinajstić information content (AvgIpc) is 2.91. The molecule has 1 spiro atoms. The number of hydrogen-bond acceptors (Lipinski definition) is 3. The lowest BCUT2D eigenvalue weighted by molar-refractivity contribution is -0.0702. The summed E-state index contributed by atoms with van der Waals surface area (Å²) < 4.78 is 5.71. The Balaban J connectivity index is 1.73. The summed E-state index contributed by atoms with van der Waals surface area (Å²) in [6, 6.07) is 7.25. The molecule has 3 rings (SSSR count). The molecule has 1 aromatic rings. The van der Waals surface area contributed by atoms with Gasteiger partial charge in [-0.3, -0.25) is 4.90 Å². The molecule has 0 atom stereocenters. The lowest BCUT2D eigenvalue weighted by Gasteiger charge is -2.44. The van der Waals surface area contributed by atoms with Crippen LogP contribution in [0.4, 0.5) is 0 Å². The summed E-state index contributed by atoms with van der Waals surface area (Å²) in [5, 5.41) is 8.94. The zero-order chi connectivity index (χ0) is 14.0. The first-order valence-corrected chi connectivity index (χ1v) is 7.35. The highest BCUT2D eigenvalue weighted by Crippen LogP contribution is 2.38.